The zero-order valence-corrected chi connectivity index (χ0v) is 27.1. The van der Waals surface area contributed by atoms with Gasteiger partial charge in [0, 0.05) is 48.9 Å². The summed E-state index contributed by atoms with van der Waals surface area (Å²) in [6.07, 6.45) is 2.72. The predicted octanol–water partition coefficient (Wildman–Crippen LogP) is 5.34. The molecule has 1 saturated heterocycles. The van der Waals surface area contributed by atoms with Crippen LogP contribution in [0.3, 0.4) is 0 Å². The molecular weight excluding hydrogens is 605 g/mol. The van der Waals surface area contributed by atoms with E-state index >= 15 is 0 Å². The number of rotatable bonds is 8. The van der Waals surface area contributed by atoms with Gasteiger partial charge in [-0.3, -0.25) is 4.79 Å². The van der Waals surface area contributed by atoms with Crippen LogP contribution >= 0.6 is 0 Å². The van der Waals surface area contributed by atoms with Crippen molar-refractivity contribution in [2.45, 2.75) is 43.8 Å². The summed E-state index contributed by atoms with van der Waals surface area (Å²) < 4.78 is 47.9. The second kappa shape index (κ2) is 11.5. The molecule has 2 fully saturated rings. The van der Waals surface area contributed by atoms with Gasteiger partial charge in [-0.25, -0.2) is 17.8 Å². The van der Waals surface area contributed by atoms with Gasteiger partial charge in [-0.2, -0.15) is 0 Å². The van der Waals surface area contributed by atoms with Crippen molar-refractivity contribution in [3.05, 3.63) is 71.8 Å². The normalized spacial score (nSPS) is 18.8. The van der Waals surface area contributed by atoms with Crippen molar-refractivity contribution < 1.29 is 22.3 Å². The van der Waals surface area contributed by atoms with E-state index in [0.29, 0.717) is 29.3 Å². The number of alkyl halides is 1. The SMILES string of the molecule is COc1cc(C(=O)N2C[C@H](N)C[C@@H](F)C2)cc2nc(-c3cc4ccc(-c5ccc(CS(C)(=O)=O)cc5)cc4n3CC3CC3)n(C)c12. The molecule has 0 spiro atoms. The van der Waals surface area contributed by atoms with Crippen LogP contribution < -0.4 is 10.5 Å². The van der Waals surface area contributed by atoms with E-state index in [1.165, 1.54) is 24.0 Å². The number of benzene rings is 3. The van der Waals surface area contributed by atoms with Gasteiger partial charge in [0.05, 0.1) is 30.6 Å². The number of fused-ring (bicyclic) bond motifs is 2. The van der Waals surface area contributed by atoms with Crippen molar-refractivity contribution in [3.63, 3.8) is 0 Å². The number of nitrogens with zero attached hydrogens (tertiary/aromatic N) is 4. The number of ether oxygens (including phenoxy) is 1. The maximum absolute atomic E-state index is 14.3. The van der Waals surface area contributed by atoms with Crippen molar-refractivity contribution in [1.82, 2.24) is 19.0 Å². The molecule has 0 unspecified atom stereocenters. The van der Waals surface area contributed by atoms with Gasteiger partial charge >= 0.3 is 0 Å². The largest absolute Gasteiger partial charge is 0.494 e. The Labute approximate surface area is 267 Å². The van der Waals surface area contributed by atoms with Crippen LogP contribution in [0.4, 0.5) is 4.39 Å². The summed E-state index contributed by atoms with van der Waals surface area (Å²) >= 11 is 0. The van der Waals surface area contributed by atoms with Crippen LogP contribution in [-0.4, -0.2) is 72.0 Å². The summed E-state index contributed by atoms with van der Waals surface area (Å²) in [4.78, 5) is 20.0. The number of piperidine rings is 1. The number of carbonyl (C=O) groups is 1. The Hall–Kier alpha value is -4.22. The molecule has 2 atom stereocenters. The molecule has 5 aromatic rings. The van der Waals surface area contributed by atoms with Gasteiger partial charge in [-0.15, -0.1) is 0 Å². The molecule has 1 saturated carbocycles. The van der Waals surface area contributed by atoms with Gasteiger partial charge in [-0.1, -0.05) is 36.4 Å². The highest BCUT2D eigenvalue weighted by molar-refractivity contribution is 7.89. The molecule has 240 valence electrons. The third-order valence-electron chi connectivity index (χ3n) is 9.11. The molecule has 7 rings (SSSR count). The first-order valence-electron chi connectivity index (χ1n) is 15.6. The summed E-state index contributed by atoms with van der Waals surface area (Å²) in [5, 5.41) is 1.09. The van der Waals surface area contributed by atoms with Crippen LogP contribution in [0.25, 0.3) is 44.6 Å². The fourth-order valence-electron chi connectivity index (χ4n) is 6.71. The van der Waals surface area contributed by atoms with Crippen molar-refractivity contribution in [3.8, 4) is 28.4 Å². The van der Waals surface area contributed by atoms with E-state index in [1.807, 2.05) is 35.9 Å². The minimum atomic E-state index is -3.11. The highest BCUT2D eigenvalue weighted by Crippen LogP contribution is 2.39. The molecule has 1 amide bonds. The molecule has 46 heavy (non-hydrogen) atoms. The van der Waals surface area contributed by atoms with Crippen molar-refractivity contribution in [1.29, 1.82) is 0 Å². The maximum Gasteiger partial charge on any atom is 0.254 e. The Bertz CT molecular complexity index is 2070. The average Bonchev–Trinajstić information content (AvgIpc) is 3.68. The van der Waals surface area contributed by atoms with Crippen molar-refractivity contribution in [2.75, 3.05) is 26.5 Å². The molecule has 1 aliphatic carbocycles. The number of hydrogen-bond acceptors (Lipinski definition) is 6. The molecule has 9 nitrogen and oxygen atoms in total. The summed E-state index contributed by atoms with van der Waals surface area (Å²) in [5.41, 5.74) is 12.7. The Balaban J connectivity index is 1.30. The number of halogens is 1. The second-order valence-corrected chi connectivity index (χ2v) is 15.1. The number of amides is 1. The van der Waals surface area contributed by atoms with Gasteiger partial charge in [0.25, 0.3) is 5.91 Å². The van der Waals surface area contributed by atoms with Crippen molar-refractivity contribution in [2.24, 2.45) is 18.7 Å². The standard InChI is InChI=1S/C35H38FN5O4S/c1-39-33-29(12-26(15-32(33)45-2)35(42)40-18-27(36)16-28(37)19-40)38-34(39)31-14-25-11-10-24(13-30(25)41(31)17-21-4-5-21)23-8-6-22(7-9-23)20-46(3,43)44/h6-15,21,27-28H,4-5,16-20,37H2,1-3H3/t27-,28-/m1/s1. The molecule has 2 N–H and O–H groups in total. The summed E-state index contributed by atoms with van der Waals surface area (Å²) in [6.45, 7) is 1.19. The molecule has 2 aromatic heterocycles. The topological polar surface area (TPSA) is 112 Å². The Morgan fingerprint density at radius 3 is 2.46 bits per heavy atom. The van der Waals surface area contributed by atoms with Gasteiger partial charge in [-0.05, 0) is 66.1 Å². The van der Waals surface area contributed by atoms with E-state index in [9.17, 15) is 17.6 Å². The zero-order valence-electron chi connectivity index (χ0n) is 26.2. The molecule has 1 aliphatic heterocycles. The maximum atomic E-state index is 14.3. The highest BCUT2D eigenvalue weighted by Gasteiger charge is 2.30. The average molecular weight is 644 g/mol. The molecular formula is C35H38FN5O4S. The summed E-state index contributed by atoms with van der Waals surface area (Å²) in [6, 6.07) is 19.3. The Kier molecular flexibility index (Phi) is 7.64. The quantitative estimate of drug-likeness (QED) is 0.245. The first-order valence-corrected chi connectivity index (χ1v) is 17.7. The predicted molar refractivity (Wildman–Crippen MR) is 178 cm³/mol. The third kappa shape index (κ3) is 5.89. The molecule has 2 aliphatic rings. The Morgan fingerprint density at radius 2 is 1.78 bits per heavy atom. The van der Waals surface area contributed by atoms with E-state index in [4.69, 9.17) is 15.5 Å². The lowest BCUT2D eigenvalue weighted by Gasteiger charge is -2.33. The van der Waals surface area contributed by atoms with Crippen LogP contribution in [0.5, 0.6) is 5.75 Å². The minimum Gasteiger partial charge on any atom is -0.494 e. The number of imidazole rings is 1. The highest BCUT2D eigenvalue weighted by atomic mass is 32.2. The van der Waals surface area contributed by atoms with Crippen LogP contribution in [0, 0.1) is 5.92 Å². The number of carbonyl (C=O) groups excluding carboxylic acids is 1. The number of sulfone groups is 1. The van der Waals surface area contributed by atoms with E-state index in [-0.39, 0.29) is 24.6 Å². The first-order chi connectivity index (χ1) is 22.0. The minimum absolute atomic E-state index is 0.0167. The smallest absolute Gasteiger partial charge is 0.254 e. The number of nitrogens with two attached hydrogens (primary N) is 1. The number of hydrogen-bond donors (Lipinski definition) is 1. The van der Waals surface area contributed by atoms with E-state index in [0.717, 1.165) is 51.2 Å². The summed E-state index contributed by atoms with van der Waals surface area (Å²) in [7, 11) is 0.417. The second-order valence-electron chi connectivity index (χ2n) is 13.0. The van der Waals surface area contributed by atoms with Crippen molar-refractivity contribution >= 4 is 37.7 Å². The zero-order chi connectivity index (χ0) is 32.3. The first kappa shape index (κ1) is 30.4. The number of aryl methyl sites for hydroxylation is 1. The van der Waals surface area contributed by atoms with Gasteiger partial charge in [0.15, 0.2) is 15.7 Å². The molecule has 0 radical (unpaired) electrons. The molecule has 3 aromatic carbocycles. The van der Waals surface area contributed by atoms with E-state index in [1.54, 1.807) is 19.2 Å². The van der Waals surface area contributed by atoms with E-state index in [2.05, 4.69) is 28.8 Å². The molecule has 11 heteroatoms. The molecule has 0 bridgehead atoms. The van der Waals surface area contributed by atoms with Crippen LogP contribution in [-0.2, 0) is 29.2 Å². The van der Waals surface area contributed by atoms with Crippen LogP contribution in [0.2, 0.25) is 0 Å². The lowest BCUT2D eigenvalue weighted by Crippen LogP contribution is -2.50. The monoisotopic (exact) mass is 643 g/mol. The van der Waals surface area contributed by atoms with Gasteiger partial charge < -0.3 is 24.5 Å². The number of methoxy groups -OCH3 is 1. The lowest BCUT2D eigenvalue weighted by atomic mass is 10.0. The lowest BCUT2D eigenvalue weighted by molar-refractivity contribution is 0.0606. The van der Waals surface area contributed by atoms with Crippen LogP contribution in [0.1, 0.15) is 35.2 Å². The van der Waals surface area contributed by atoms with Gasteiger partial charge in [0.1, 0.15) is 17.4 Å². The van der Waals surface area contributed by atoms with Gasteiger partial charge in [0.2, 0.25) is 0 Å². The Morgan fingerprint density at radius 1 is 1.04 bits per heavy atom. The van der Waals surface area contributed by atoms with Crippen LogP contribution in [0.15, 0.2) is 60.7 Å². The molecule has 3 heterocycles. The summed E-state index contributed by atoms with van der Waals surface area (Å²) in [5.74, 6) is 1.60. The number of aromatic nitrogens is 3. The van der Waals surface area contributed by atoms with E-state index < -0.39 is 22.1 Å². The fraction of sp³-hybridized carbons (Fsp3) is 0.371. The third-order valence-corrected chi connectivity index (χ3v) is 9.97. The fourth-order valence-corrected chi connectivity index (χ4v) is 7.51. The number of likely N-dealkylation sites (tertiary alicyclic amines) is 1.